The monoisotopic (exact) mass is 263 g/mol. The molecule has 4 heteroatoms. The van der Waals surface area contributed by atoms with Crippen LogP contribution in [0.1, 0.15) is 19.8 Å². The first-order valence-corrected chi connectivity index (χ1v) is 6.76. The number of allylic oxidation sites excluding steroid dienone is 2. The normalized spacial score (nSPS) is 33.8. The average Bonchev–Trinajstić information content (AvgIpc) is 2.40. The molecule has 0 bridgehead atoms. The third-order valence-corrected chi connectivity index (χ3v) is 4.32. The van der Waals surface area contributed by atoms with E-state index in [0.717, 1.165) is 12.8 Å². The van der Waals surface area contributed by atoms with Crippen molar-refractivity contribution in [1.29, 1.82) is 0 Å². The van der Waals surface area contributed by atoms with Gasteiger partial charge in [0.1, 0.15) is 5.92 Å². The van der Waals surface area contributed by atoms with Crippen molar-refractivity contribution in [2.45, 2.75) is 19.8 Å². The van der Waals surface area contributed by atoms with Crippen LogP contribution in [0.15, 0.2) is 24.8 Å². The summed E-state index contributed by atoms with van der Waals surface area (Å²) in [5.41, 5.74) is -0.200. The van der Waals surface area contributed by atoms with Gasteiger partial charge in [-0.05, 0) is 25.7 Å². The molecule has 0 unspecified atom stereocenters. The number of hydrogen-bond donors (Lipinski definition) is 0. The van der Waals surface area contributed by atoms with Crippen molar-refractivity contribution >= 4 is 11.9 Å². The predicted molar refractivity (Wildman–Crippen MR) is 72.3 cm³/mol. The molecule has 3 atom stereocenters. The van der Waals surface area contributed by atoms with Crippen molar-refractivity contribution < 1.29 is 14.3 Å². The molecular weight excluding hydrogens is 242 g/mol. The molecule has 4 nitrogen and oxygen atoms in total. The molecule has 1 aliphatic heterocycles. The van der Waals surface area contributed by atoms with E-state index in [1.807, 2.05) is 6.08 Å². The molecule has 2 aliphatic rings. The fraction of sp³-hybridized carbons (Fsp3) is 0.600. The quantitative estimate of drug-likeness (QED) is 0.443. The molecule has 1 heterocycles. The molecule has 19 heavy (non-hydrogen) atoms. The Labute approximate surface area is 114 Å². The maximum Gasteiger partial charge on any atom is 0.318 e. The molecule has 0 aromatic heterocycles. The first-order valence-electron chi connectivity index (χ1n) is 6.76. The number of hydrogen-bond acceptors (Lipinski definition) is 3. The summed E-state index contributed by atoms with van der Waals surface area (Å²) in [6, 6.07) is 0. The van der Waals surface area contributed by atoms with Gasteiger partial charge in [-0.3, -0.25) is 9.59 Å². The van der Waals surface area contributed by atoms with Crippen LogP contribution in [0.3, 0.4) is 0 Å². The molecule has 104 valence electrons. The van der Waals surface area contributed by atoms with E-state index in [4.69, 9.17) is 4.74 Å². The van der Waals surface area contributed by atoms with E-state index in [1.165, 1.54) is 0 Å². The Hall–Kier alpha value is -1.58. The molecular formula is C15H21NO3. The maximum atomic E-state index is 12.3. The van der Waals surface area contributed by atoms with Gasteiger partial charge in [-0.2, -0.15) is 0 Å². The summed E-state index contributed by atoms with van der Waals surface area (Å²) in [4.78, 5) is 26.1. The number of rotatable bonds is 3. The summed E-state index contributed by atoms with van der Waals surface area (Å²) in [6.07, 6.45) is 7.64. The van der Waals surface area contributed by atoms with Crippen LogP contribution in [-0.4, -0.2) is 37.0 Å². The van der Waals surface area contributed by atoms with E-state index in [1.54, 1.807) is 18.9 Å². The van der Waals surface area contributed by atoms with Crippen LogP contribution in [0.25, 0.3) is 0 Å². The van der Waals surface area contributed by atoms with Crippen LogP contribution < -0.4 is 0 Å². The Morgan fingerprint density at radius 1 is 1.63 bits per heavy atom. The molecule has 0 radical (unpaired) electrons. The second-order valence-corrected chi connectivity index (χ2v) is 5.38. The van der Waals surface area contributed by atoms with Crippen molar-refractivity contribution in [2.24, 2.45) is 17.3 Å². The highest BCUT2D eigenvalue weighted by molar-refractivity contribution is 5.99. The summed E-state index contributed by atoms with van der Waals surface area (Å²) < 4.78 is 5.09. The van der Waals surface area contributed by atoms with Gasteiger partial charge in [-0.25, -0.2) is 0 Å². The summed E-state index contributed by atoms with van der Waals surface area (Å²) in [6.45, 7) is 6.62. The largest absolute Gasteiger partial charge is 0.465 e. The second-order valence-electron chi connectivity index (χ2n) is 5.38. The molecule has 2 rings (SSSR count). The predicted octanol–water partition coefficient (Wildman–Crippen LogP) is 1.78. The van der Waals surface area contributed by atoms with E-state index in [9.17, 15) is 9.59 Å². The summed E-state index contributed by atoms with van der Waals surface area (Å²) in [5, 5.41) is 0. The smallest absolute Gasteiger partial charge is 0.318 e. The number of ether oxygens (including phenoxy) is 1. The molecule has 0 aromatic rings. The van der Waals surface area contributed by atoms with E-state index in [-0.39, 0.29) is 17.2 Å². The van der Waals surface area contributed by atoms with Gasteiger partial charge in [0.25, 0.3) is 0 Å². The Morgan fingerprint density at radius 3 is 3.00 bits per heavy atom. The number of esters is 1. The summed E-state index contributed by atoms with van der Waals surface area (Å²) in [5.74, 6) is -1.25. The Morgan fingerprint density at radius 2 is 2.37 bits per heavy atom. The maximum absolute atomic E-state index is 12.3. The van der Waals surface area contributed by atoms with Gasteiger partial charge in [0, 0.05) is 19.0 Å². The molecule has 1 aliphatic carbocycles. The molecule has 0 aromatic carbocycles. The number of piperidine rings is 1. The zero-order chi connectivity index (χ0) is 14.0. The zero-order valence-electron chi connectivity index (χ0n) is 11.6. The van der Waals surface area contributed by atoms with Crippen LogP contribution >= 0.6 is 0 Å². The van der Waals surface area contributed by atoms with Crippen LogP contribution in [-0.2, 0) is 14.3 Å². The highest BCUT2D eigenvalue weighted by Crippen LogP contribution is 2.47. The molecule has 0 spiro atoms. The van der Waals surface area contributed by atoms with Crippen molar-refractivity contribution in [3.63, 3.8) is 0 Å². The van der Waals surface area contributed by atoms with Gasteiger partial charge in [0.15, 0.2) is 0 Å². The lowest BCUT2D eigenvalue weighted by atomic mass is 9.61. The zero-order valence-corrected chi connectivity index (χ0v) is 11.6. The van der Waals surface area contributed by atoms with E-state index in [2.05, 4.69) is 18.7 Å². The van der Waals surface area contributed by atoms with Gasteiger partial charge in [-0.15, -0.1) is 6.58 Å². The summed E-state index contributed by atoms with van der Waals surface area (Å²) in [7, 11) is 1.74. The van der Waals surface area contributed by atoms with Gasteiger partial charge in [0.05, 0.1) is 6.61 Å². The lowest BCUT2D eigenvalue weighted by Crippen LogP contribution is -2.57. The van der Waals surface area contributed by atoms with Gasteiger partial charge in [-0.1, -0.05) is 18.2 Å². The minimum Gasteiger partial charge on any atom is -0.465 e. The molecule has 0 N–H and O–H groups in total. The van der Waals surface area contributed by atoms with E-state index in [0.29, 0.717) is 13.2 Å². The van der Waals surface area contributed by atoms with Crippen molar-refractivity contribution in [3.05, 3.63) is 24.8 Å². The lowest BCUT2D eigenvalue weighted by molar-refractivity contribution is -0.165. The Balaban J connectivity index is 2.38. The number of carbonyl (C=O) groups excluding carboxylic acids is 2. The highest BCUT2D eigenvalue weighted by atomic mass is 16.5. The van der Waals surface area contributed by atoms with Crippen LogP contribution in [0.4, 0.5) is 0 Å². The second kappa shape index (κ2) is 5.19. The number of fused-ring (bicyclic) bond motifs is 1. The van der Waals surface area contributed by atoms with Crippen molar-refractivity contribution in [1.82, 2.24) is 4.90 Å². The minimum absolute atomic E-state index is 0.0299. The Bertz CT molecular complexity index is 429. The molecule has 1 amide bonds. The first-order chi connectivity index (χ1) is 9.05. The van der Waals surface area contributed by atoms with Crippen molar-refractivity contribution in [2.75, 3.05) is 20.2 Å². The highest BCUT2D eigenvalue weighted by Gasteiger charge is 2.52. The summed E-state index contributed by atoms with van der Waals surface area (Å²) >= 11 is 0. The van der Waals surface area contributed by atoms with E-state index < -0.39 is 11.9 Å². The van der Waals surface area contributed by atoms with Crippen LogP contribution in [0.2, 0.25) is 0 Å². The third kappa shape index (κ3) is 2.20. The molecule has 1 saturated heterocycles. The fourth-order valence-electron chi connectivity index (χ4n) is 3.31. The molecule has 1 fully saturated rings. The minimum atomic E-state index is -0.693. The van der Waals surface area contributed by atoms with E-state index >= 15 is 0 Å². The standard InChI is InChI=1S/C15H21NO3/c1-4-15-9-7-6-8-11(15)12(14(18)19-5-2)13(17)16(3)10-15/h4,6-7,11-12H,1,5,8-10H2,2-3H3/t11-,12-,15+/m0/s1. The molecule has 0 saturated carbocycles. The van der Waals surface area contributed by atoms with Gasteiger partial charge in [0.2, 0.25) is 5.91 Å². The fourth-order valence-corrected chi connectivity index (χ4v) is 3.31. The topological polar surface area (TPSA) is 46.6 Å². The number of amides is 1. The van der Waals surface area contributed by atoms with Crippen LogP contribution in [0.5, 0.6) is 0 Å². The first kappa shape index (κ1) is 13.8. The van der Waals surface area contributed by atoms with Gasteiger partial charge >= 0.3 is 5.97 Å². The van der Waals surface area contributed by atoms with Crippen molar-refractivity contribution in [3.8, 4) is 0 Å². The lowest BCUT2D eigenvalue weighted by Gasteiger charge is -2.49. The Kier molecular flexibility index (Phi) is 3.78. The third-order valence-electron chi connectivity index (χ3n) is 4.32. The number of likely N-dealkylation sites (tertiary alicyclic amines) is 1. The SMILES string of the molecule is C=C[C@]12CC=CC[C@H]1[C@H](C(=O)OCC)C(=O)N(C)C2. The van der Waals surface area contributed by atoms with Crippen LogP contribution in [0, 0.1) is 17.3 Å². The number of carbonyl (C=O) groups is 2. The van der Waals surface area contributed by atoms with Gasteiger partial charge < -0.3 is 9.64 Å². The average molecular weight is 263 g/mol. The number of nitrogens with zero attached hydrogens (tertiary/aromatic N) is 1.